The van der Waals surface area contributed by atoms with Crippen LogP contribution in [0.25, 0.3) is 11.0 Å². The van der Waals surface area contributed by atoms with Gasteiger partial charge in [-0.05, 0) is 35.9 Å². The number of aryl methyl sites for hydroxylation is 1. The van der Waals surface area contributed by atoms with Crippen LogP contribution >= 0.6 is 0 Å². The van der Waals surface area contributed by atoms with E-state index in [0.717, 1.165) is 34.0 Å². The highest BCUT2D eigenvalue weighted by Gasteiger charge is 2.07. The van der Waals surface area contributed by atoms with Crippen molar-refractivity contribution in [1.29, 1.82) is 0 Å². The van der Waals surface area contributed by atoms with Crippen molar-refractivity contribution in [3.05, 3.63) is 66.4 Å². The first-order valence-electron chi connectivity index (χ1n) is 8.25. The summed E-state index contributed by atoms with van der Waals surface area (Å²) in [5.74, 6) is 2.12. The highest BCUT2D eigenvalue weighted by molar-refractivity contribution is 5.81. The van der Waals surface area contributed by atoms with E-state index >= 15 is 0 Å². The van der Waals surface area contributed by atoms with Gasteiger partial charge < -0.3 is 24.8 Å². The van der Waals surface area contributed by atoms with Crippen LogP contribution in [-0.4, -0.2) is 14.5 Å². The number of hydrogen-bond acceptors (Lipinski definition) is 6. The summed E-state index contributed by atoms with van der Waals surface area (Å²) in [6.45, 7) is 0.972. The highest BCUT2D eigenvalue weighted by Crippen LogP contribution is 2.21. The molecule has 0 unspecified atom stereocenters. The number of nitrogen functional groups attached to an aromatic ring is 1. The molecule has 0 saturated carbocycles. The van der Waals surface area contributed by atoms with E-state index in [1.165, 1.54) is 6.26 Å². The summed E-state index contributed by atoms with van der Waals surface area (Å²) in [6, 6.07) is 13.6. The third-order valence-corrected chi connectivity index (χ3v) is 4.12. The van der Waals surface area contributed by atoms with Crippen LogP contribution in [0.4, 0.5) is 11.6 Å². The molecule has 0 fully saturated rings. The second-order valence-corrected chi connectivity index (χ2v) is 5.95. The van der Waals surface area contributed by atoms with Gasteiger partial charge in [-0.15, -0.1) is 0 Å². The van der Waals surface area contributed by atoms with Crippen LogP contribution in [-0.2, 0) is 20.2 Å². The van der Waals surface area contributed by atoms with Gasteiger partial charge in [0.25, 0.3) is 0 Å². The van der Waals surface area contributed by atoms with Gasteiger partial charge in [-0.2, -0.15) is 0 Å². The van der Waals surface area contributed by atoms with Crippen LogP contribution in [0.2, 0.25) is 0 Å². The quantitative estimate of drug-likeness (QED) is 0.519. The summed E-state index contributed by atoms with van der Waals surface area (Å²) in [7, 11) is 1.97. The molecule has 2 aromatic carbocycles. The molecule has 0 aliphatic rings. The second kappa shape index (κ2) is 6.79. The lowest BCUT2D eigenvalue weighted by atomic mass is 10.2. The molecule has 4 rings (SSSR count). The molecule has 0 radical (unpaired) electrons. The summed E-state index contributed by atoms with van der Waals surface area (Å²) >= 11 is 0. The maximum Gasteiger partial charge on any atom is 0.232 e. The van der Waals surface area contributed by atoms with Crippen molar-refractivity contribution in [2.24, 2.45) is 7.05 Å². The number of nitrogens with two attached hydrogens (primary N) is 1. The minimum absolute atomic E-state index is 0.313. The minimum atomic E-state index is 0.313. The zero-order valence-corrected chi connectivity index (χ0v) is 14.3. The third kappa shape index (κ3) is 3.32. The van der Waals surface area contributed by atoms with E-state index in [2.05, 4.69) is 15.3 Å². The molecule has 26 heavy (non-hydrogen) atoms. The predicted octanol–water partition coefficient (Wildman–Crippen LogP) is 3.33. The van der Waals surface area contributed by atoms with E-state index in [0.29, 0.717) is 19.0 Å². The Bertz CT molecular complexity index is 1010. The van der Waals surface area contributed by atoms with Crippen LogP contribution in [0, 0.1) is 0 Å². The molecule has 2 heterocycles. The fourth-order valence-corrected chi connectivity index (χ4v) is 2.72. The Labute approximate surface area is 150 Å². The molecule has 2 aromatic heterocycles. The highest BCUT2D eigenvalue weighted by atomic mass is 16.5. The molecule has 7 heteroatoms. The van der Waals surface area contributed by atoms with Crippen LogP contribution in [0.5, 0.6) is 5.75 Å². The Balaban J connectivity index is 1.39. The van der Waals surface area contributed by atoms with Gasteiger partial charge in [0.2, 0.25) is 11.8 Å². The molecule has 0 aliphatic heterocycles. The lowest BCUT2D eigenvalue weighted by Crippen LogP contribution is -2.05. The summed E-state index contributed by atoms with van der Waals surface area (Å²) in [5, 5.41) is 3.36. The zero-order valence-electron chi connectivity index (χ0n) is 14.3. The number of nitrogens with one attached hydrogen (secondary N) is 1. The van der Waals surface area contributed by atoms with Crippen LogP contribution in [0.15, 0.2) is 59.3 Å². The van der Waals surface area contributed by atoms with Gasteiger partial charge in [-0.1, -0.05) is 12.1 Å². The first kappa shape index (κ1) is 16.0. The zero-order chi connectivity index (χ0) is 17.9. The van der Waals surface area contributed by atoms with Gasteiger partial charge >= 0.3 is 0 Å². The Morgan fingerprint density at radius 1 is 1.19 bits per heavy atom. The van der Waals surface area contributed by atoms with E-state index in [1.807, 2.05) is 54.1 Å². The largest absolute Gasteiger partial charge is 0.484 e. The number of aromatic nitrogens is 3. The molecule has 132 valence electrons. The van der Waals surface area contributed by atoms with Crippen LogP contribution < -0.4 is 15.8 Å². The molecule has 0 bridgehead atoms. The normalized spacial score (nSPS) is 11.0. The number of hydrogen-bond donors (Lipinski definition) is 2. The molecule has 0 saturated heterocycles. The van der Waals surface area contributed by atoms with Crippen molar-refractivity contribution in [3.8, 4) is 5.75 Å². The number of nitrogens with zero attached hydrogens (tertiary/aromatic N) is 3. The Morgan fingerprint density at radius 2 is 2.04 bits per heavy atom. The van der Waals surface area contributed by atoms with E-state index in [-0.39, 0.29) is 0 Å². The Hall–Kier alpha value is -3.48. The second-order valence-electron chi connectivity index (χ2n) is 5.95. The van der Waals surface area contributed by atoms with Crippen molar-refractivity contribution in [2.75, 3.05) is 11.1 Å². The predicted molar refractivity (Wildman–Crippen MR) is 99.7 cm³/mol. The monoisotopic (exact) mass is 349 g/mol. The first-order chi connectivity index (χ1) is 12.7. The number of oxazole rings is 1. The SMILES string of the molecule is Cn1c(NCc2ccc(OCc3ncco3)cc2)nc2ccc(N)cc21. The van der Waals surface area contributed by atoms with Crippen LogP contribution in [0.1, 0.15) is 11.5 Å². The lowest BCUT2D eigenvalue weighted by Gasteiger charge is -2.08. The number of anilines is 2. The number of benzene rings is 2. The average molecular weight is 349 g/mol. The van der Waals surface area contributed by atoms with E-state index in [9.17, 15) is 0 Å². The van der Waals surface area contributed by atoms with Gasteiger partial charge in [-0.25, -0.2) is 9.97 Å². The summed E-state index contributed by atoms with van der Waals surface area (Å²) in [5.41, 5.74) is 9.63. The molecule has 3 N–H and O–H groups in total. The molecule has 0 atom stereocenters. The molecule has 0 aliphatic carbocycles. The minimum Gasteiger partial charge on any atom is -0.484 e. The smallest absolute Gasteiger partial charge is 0.232 e. The molecular formula is C19H19N5O2. The van der Waals surface area contributed by atoms with E-state index in [1.54, 1.807) is 6.20 Å². The fourth-order valence-electron chi connectivity index (χ4n) is 2.72. The molecule has 7 nitrogen and oxygen atoms in total. The fraction of sp³-hybridized carbons (Fsp3) is 0.158. The molecular weight excluding hydrogens is 330 g/mol. The average Bonchev–Trinajstić information content (AvgIpc) is 3.28. The standard InChI is InChI=1S/C19H19N5O2/c1-24-17-10-14(20)4-7-16(17)23-19(24)22-11-13-2-5-15(6-3-13)26-12-18-21-8-9-25-18/h2-10H,11-12,20H2,1H3,(H,22,23). The summed E-state index contributed by atoms with van der Waals surface area (Å²) in [4.78, 5) is 8.62. The van der Waals surface area contributed by atoms with E-state index < -0.39 is 0 Å². The van der Waals surface area contributed by atoms with Crippen molar-refractivity contribution >= 4 is 22.7 Å². The maximum atomic E-state index is 5.85. The molecule has 0 amide bonds. The summed E-state index contributed by atoms with van der Waals surface area (Å²) in [6.07, 6.45) is 3.13. The number of fused-ring (bicyclic) bond motifs is 1. The topological polar surface area (TPSA) is 91.1 Å². The van der Waals surface area contributed by atoms with Gasteiger partial charge in [0.1, 0.15) is 12.0 Å². The van der Waals surface area contributed by atoms with Crippen molar-refractivity contribution in [3.63, 3.8) is 0 Å². The number of rotatable bonds is 6. The van der Waals surface area contributed by atoms with Crippen molar-refractivity contribution < 1.29 is 9.15 Å². The van der Waals surface area contributed by atoms with Gasteiger partial charge in [0.05, 0.1) is 17.2 Å². The van der Waals surface area contributed by atoms with Gasteiger partial charge in [0, 0.05) is 19.3 Å². The summed E-state index contributed by atoms with van der Waals surface area (Å²) < 4.78 is 12.8. The maximum absolute atomic E-state index is 5.85. The van der Waals surface area contributed by atoms with E-state index in [4.69, 9.17) is 14.9 Å². The number of ether oxygens (including phenoxy) is 1. The van der Waals surface area contributed by atoms with Gasteiger partial charge in [0.15, 0.2) is 6.61 Å². The molecule has 4 aromatic rings. The van der Waals surface area contributed by atoms with Gasteiger partial charge in [-0.3, -0.25) is 0 Å². The first-order valence-corrected chi connectivity index (χ1v) is 8.25. The Morgan fingerprint density at radius 3 is 2.81 bits per heavy atom. The molecule has 0 spiro atoms. The van der Waals surface area contributed by atoms with Crippen molar-refractivity contribution in [2.45, 2.75) is 13.2 Å². The third-order valence-electron chi connectivity index (χ3n) is 4.12. The van der Waals surface area contributed by atoms with Crippen LogP contribution in [0.3, 0.4) is 0 Å². The lowest BCUT2D eigenvalue weighted by molar-refractivity contribution is 0.263. The van der Waals surface area contributed by atoms with Crippen molar-refractivity contribution in [1.82, 2.24) is 14.5 Å². The Kier molecular flexibility index (Phi) is 4.18. The number of imidazole rings is 1.